The van der Waals surface area contributed by atoms with E-state index in [0.717, 1.165) is 5.56 Å². The molecule has 0 aliphatic rings. The van der Waals surface area contributed by atoms with Crippen molar-refractivity contribution in [3.8, 4) is 11.6 Å². The lowest BCUT2D eigenvalue weighted by Gasteiger charge is -2.17. The minimum atomic E-state index is -1.69. The summed E-state index contributed by atoms with van der Waals surface area (Å²) in [6, 6.07) is 17.8. The van der Waals surface area contributed by atoms with Crippen molar-refractivity contribution in [2.75, 3.05) is 7.11 Å². The molecule has 0 radical (unpaired) electrons. The highest BCUT2D eigenvalue weighted by Crippen LogP contribution is 2.22. The molecule has 158 valence electrons. The number of carbonyl (C=O) groups excluding carboxylic acids is 2. The third-order valence-corrected chi connectivity index (χ3v) is 4.42. The highest BCUT2D eigenvalue weighted by atomic mass is 16.5. The van der Waals surface area contributed by atoms with E-state index >= 15 is 0 Å². The first-order chi connectivity index (χ1) is 15.0. The van der Waals surface area contributed by atoms with Crippen molar-refractivity contribution in [2.45, 2.75) is 12.6 Å². The highest BCUT2D eigenvalue weighted by Gasteiger charge is 2.27. The predicted molar refractivity (Wildman–Crippen MR) is 111 cm³/mol. The lowest BCUT2D eigenvalue weighted by Crippen LogP contribution is -2.38. The molecule has 0 saturated heterocycles. The van der Waals surface area contributed by atoms with Gasteiger partial charge < -0.3 is 19.9 Å². The van der Waals surface area contributed by atoms with Gasteiger partial charge in [0, 0.05) is 23.4 Å². The summed E-state index contributed by atoms with van der Waals surface area (Å²) in [6.07, 6.45) is 1.35. The molecule has 1 atom stereocenters. The molecule has 31 heavy (non-hydrogen) atoms. The summed E-state index contributed by atoms with van der Waals surface area (Å²) in [4.78, 5) is 39.8. The topological polar surface area (TPSA) is 115 Å². The number of methoxy groups -OCH3 is 1. The fourth-order valence-electron chi connectivity index (χ4n) is 2.80. The minimum absolute atomic E-state index is 0.276. The third-order valence-electron chi connectivity index (χ3n) is 4.42. The normalized spacial score (nSPS) is 11.3. The lowest BCUT2D eigenvalue weighted by atomic mass is 9.98. The molecule has 1 heterocycles. The molecular weight excluding hydrogens is 400 g/mol. The summed E-state index contributed by atoms with van der Waals surface area (Å²) in [7, 11) is 1.44. The number of aromatic nitrogens is 1. The number of aliphatic carboxylic acids is 1. The van der Waals surface area contributed by atoms with Crippen molar-refractivity contribution >= 4 is 17.7 Å². The van der Waals surface area contributed by atoms with E-state index in [1.54, 1.807) is 24.3 Å². The van der Waals surface area contributed by atoms with Crippen LogP contribution in [0.5, 0.6) is 11.6 Å². The summed E-state index contributed by atoms with van der Waals surface area (Å²) < 4.78 is 10.7. The van der Waals surface area contributed by atoms with E-state index in [1.165, 1.54) is 25.4 Å². The molecule has 3 aromatic rings. The summed E-state index contributed by atoms with van der Waals surface area (Å²) in [6.45, 7) is 0.378. The minimum Gasteiger partial charge on any atom is -0.489 e. The van der Waals surface area contributed by atoms with Crippen molar-refractivity contribution in [1.29, 1.82) is 0 Å². The Morgan fingerprint density at radius 2 is 1.71 bits per heavy atom. The second kappa shape index (κ2) is 10.0. The number of benzene rings is 2. The average Bonchev–Trinajstić information content (AvgIpc) is 2.81. The Bertz CT molecular complexity index is 1050. The zero-order chi connectivity index (χ0) is 22.2. The number of ether oxygens (including phenoxy) is 2. The molecular formula is C23H20N2O6. The van der Waals surface area contributed by atoms with Crippen LogP contribution in [0.25, 0.3) is 0 Å². The maximum atomic E-state index is 13.0. The van der Waals surface area contributed by atoms with Crippen LogP contribution in [0.15, 0.2) is 72.9 Å². The van der Waals surface area contributed by atoms with E-state index in [1.807, 2.05) is 30.3 Å². The Morgan fingerprint density at radius 1 is 1.00 bits per heavy atom. The van der Waals surface area contributed by atoms with Crippen LogP contribution in [0.1, 0.15) is 27.5 Å². The van der Waals surface area contributed by atoms with Gasteiger partial charge in [0.2, 0.25) is 5.88 Å². The molecule has 0 spiro atoms. The van der Waals surface area contributed by atoms with Crippen molar-refractivity contribution in [3.63, 3.8) is 0 Å². The van der Waals surface area contributed by atoms with Gasteiger partial charge in [0.1, 0.15) is 18.4 Å². The monoisotopic (exact) mass is 420 g/mol. The summed E-state index contributed by atoms with van der Waals surface area (Å²) in [5.41, 5.74) is 1.61. The number of carboxylic acids is 1. The largest absolute Gasteiger partial charge is 0.489 e. The molecule has 2 aromatic carbocycles. The van der Waals surface area contributed by atoms with Gasteiger partial charge >= 0.3 is 11.9 Å². The zero-order valence-corrected chi connectivity index (χ0v) is 16.6. The zero-order valence-electron chi connectivity index (χ0n) is 16.6. The van der Waals surface area contributed by atoms with E-state index in [-0.39, 0.29) is 5.56 Å². The summed E-state index contributed by atoms with van der Waals surface area (Å²) in [5, 5.41) is 11.2. The van der Waals surface area contributed by atoms with E-state index in [9.17, 15) is 14.4 Å². The van der Waals surface area contributed by atoms with E-state index < -0.39 is 23.7 Å². The number of nitrogens with zero attached hydrogens (tertiary/aromatic N) is 1. The van der Waals surface area contributed by atoms with Crippen molar-refractivity contribution in [2.24, 2.45) is 0 Å². The smallest absolute Gasteiger partial charge is 0.394 e. The molecule has 8 heteroatoms. The van der Waals surface area contributed by atoms with Crippen LogP contribution in [0.4, 0.5) is 0 Å². The van der Waals surface area contributed by atoms with Gasteiger partial charge in [-0.05, 0) is 35.9 Å². The van der Waals surface area contributed by atoms with Crippen molar-refractivity contribution in [3.05, 3.63) is 89.6 Å². The number of hydrogen-bond acceptors (Lipinski definition) is 6. The molecule has 0 fully saturated rings. The predicted octanol–water partition coefficient (Wildman–Crippen LogP) is 2.79. The third kappa shape index (κ3) is 5.66. The van der Waals surface area contributed by atoms with Crippen LogP contribution in [-0.4, -0.2) is 34.9 Å². The van der Waals surface area contributed by atoms with Crippen LogP contribution in [-0.2, 0) is 16.2 Å². The number of hydrogen-bond donors (Lipinski definition) is 2. The molecule has 0 aliphatic heterocycles. The first-order valence-corrected chi connectivity index (χ1v) is 9.32. The second-order valence-electron chi connectivity index (χ2n) is 6.51. The highest BCUT2D eigenvalue weighted by molar-refractivity contribution is 6.32. The molecule has 8 nitrogen and oxygen atoms in total. The van der Waals surface area contributed by atoms with Crippen LogP contribution in [0.2, 0.25) is 0 Å². The Morgan fingerprint density at radius 3 is 2.29 bits per heavy atom. The molecule has 0 saturated carbocycles. The van der Waals surface area contributed by atoms with Gasteiger partial charge in [-0.3, -0.25) is 9.59 Å². The Balaban J connectivity index is 1.77. The number of ketones is 1. The Labute approximate surface area is 178 Å². The number of pyridine rings is 1. The number of carboxylic acid groups (broad SMARTS) is 1. The molecule has 1 amide bonds. The average molecular weight is 420 g/mol. The number of carbonyl (C=O) groups is 3. The quantitative estimate of drug-likeness (QED) is 0.425. The van der Waals surface area contributed by atoms with Crippen molar-refractivity contribution < 1.29 is 29.0 Å². The summed E-state index contributed by atoms with van der Waals surface area (Å²) in [5.74, 6) is -2.59. The molecule has 1 aromatic heterocycles. The number of nitrogens with one attached hydrogen (secondary N) is 1. The fraction of sp³-hybridized carbons (Fsp3) is 0.130. The Kier molecular flexibility index (Phi) is 6.95. The number of amides is 1. The van der Waals surface area contributed by atoms with E-state index in [4.69, 9.17) is 14.6 Å². The SMILES string of the molecule is COc1ccc(C(NC(=O)C(=O)O)C(=O)c2ccc(OCc3ccccc3)cc2)cn1. The van der Waals surface area contributed by atoms with Crippen LogP contribution in [0, 0.1) is 0 Å². The molecule has 0 bridgehead atoms. The van der Waals surface area contributed by atoms with E-state index in [0.29, 0.717) is 23.8 Å². The molecule has 2 N–H and O–H groups in total. The van der Waals surface area contributed by atoms with Gasteiger partial charge in [0.15, 0.2) is 5.78 Å². The van der Waals surface area contributed by atoms with E-state index in [2.05, 4.69) is 10.3 Å². The summed E-state index contributed by atoms with van der Waals surface area (Å²) >= 11 is 0. The first-order valence-electron chi connectivity index (χ1n) is 9.32. The van der Waals surface area contributed by atoms with Gasteiger partial charge in [-0.2, -0.15) is 0 Å². The van der Waals surface area contributed by atoms with Gasteiger partial charge in [0.05, 0.1) is 7.11 Å². The van der Waals surface area contributed by atoms with Gasteiger partial charge in [-0.25, -0.2) is 9.78 Å². The van der Waals surface area contributed by atoms with Crippen LogP contribution >= 0.6 is 0 Å². The van der Waals surface area contributed by atoms with Gasteiger partial charge in [-0.15, -0.1) is 0 Å². The van der Waals surface area contributed by atoms with Gasteiger partial charge in [0.25, 0.3) is 0 Å². The number of rotatable bonds is 8. The number of Topliss-reactive ketones (excluding diaryl/α,β-unsaturated/α-hetero) is 1. The van der Waals surface area contributed by atoms with Gasteiger partial charge in [-0.1, -0.05) is 30.3 Å². The maximum absolute atomic E-state index is 13.0. The maximum Gasteiger partial charge on any atom is 0.394 e. The molecule has 1 unspecified atom stereocenters. The fourth-order valence-corrected chi connectivity index (χ4v) is 2.80. The first kappa shape index (κ1) is 21.5. The lowest BCUT2D eigenvalue weighted by molar-refractivity contribution is -0.150. The Hall–Kier alpha value is -4.20. The van der Waals surface area contributed by atoms with Crippen LogP contribution in [0.3, 0.4) is 0 Å². The van der Waals surface area contributed by atoms with Crippen molar-refractivity contribution in [1.82, 2.24) is 10.3 Å². The second-order valence-corrected chi connectivity index (χ2v) is 6.51. The molecule has 3 rings (SSSR count). The molecule has 0 aliphatic carbocycles. The standard InChI is InChI=1S/C23H20N2O6/c1-30-19-12-9-17(13-24-19)20(25-22(27)23(28)29)21(26)16-7-10-18(11-8-16)31-14-15-5-3-2-4-6-15/h2-13,20H,14H2,1H3,(H,25,27)(H,28,29). The van der Waals surface area contributed by atoms with Crippen LogP contribution < -0.4 is 14.8 Å².